The highest BCUT2D eigenvalue weighted by Crippen LogP contribution is 2.37. The zero-order valence-electron chi connectivity index (χ0n) is 8.32. The molecular weight excluding hydrogens is 237 g/mol. The summed E-state index contributed by atoms with van der Waals surface area (Å²) in [5, 5.41) is 12.0. The predicted molar refractivity (Wildman–Crippen MR) is 52.8 cm³/mol. The molecule has 4 nitrogen and oxygen atoms in total. The van der Waals surface area contributed by atoms with Crippen LogP contribution in [0.2, 0.25) is 0 Å². The van der Waals surface area contributed by atoms with Gasteiger partial charge in [0, 0.05) is 0 Å². The van der Waals surface area contributed by atoms with Crippen molar-refractivity contribution in [2.75, 3.05) is 0 Å². The summed E-state index contributed by atoms with van der Waals surface area (Å²) in [7, 11) is 0. The van der Waals surface area contributed by atoms with Crippen LogP contribution in [0.25, 0.3) is 0 Å². The third-order valence-corrected chi connectivity index (χ3v) is 2.33. The molecule has 1 aliphatic heterocycles. The lowest BCUT2D eigenvalue weighted by atomic mass is 9.97. The Hall–Kier alpha value is -2.05. The van der Waals surface area contributed by atoms with Crippen molar-refractivity contribution in [2.24, 2.45) is 5.10 Å². The van der Waals surface area contributed by atoms with E-state index in [1.54, 1.807) is 0 Å². The minimum atomic E-state index is -4.45. The van der Waals surface area contributed by atoms with Gasteiger partial charge in [-0.05, 0) is 17.7 Å². The molecule has 1 heterocycles. The van der Waals surface area contributed by atoms with Gasteiger partial charge in [-0.25, -0.2) is 4.79 Å². The minimum Gasteiger partial charge on any atom is -0.478 e. The Labute approximate surface area is 93.8 Å². The maximum absolute atomic E-state index is 12.7. The molecule has 0 radical (unpaired) electrons. The highest BCUT2D eigenvalue weighted by atomic mass is 19.4. The number of rotatable bonds is 3. The highest BCUT2D eigenvalue weighted by molar-refractivity contribution is 5.97. The summed E-state index contributed by atoms with van der Waals surface area (Å²) in [5.74, 6) is -3.15. The number of aromatic carboxylic acids is 1. The summed E-state index contributed by atoms with van der Waals surface area (Å²) in [6.45, 7) is 0. The average Bonchev–Trinajstić information content (AvgIpc) is 3.01. The standard InChI is InChI=1S/C10H7F3N2O2/c11-10(12,13)7(8-14-15-8)5-1-3-6(4-2-5)9(16)17/h1-4,7H,(H,14,15)(H,16,17). The number of carboxylic acid groups (broad SMARTS) is 1. The Morgan fingerprint density at radius 3 is 2.18 bits per heavy atom. The first-order valence-corrected chi connectivity index (χ1v) is 4.63. The van der Waals surface area contributed by atoms with E-state index in [2.05, 4.69) is 10.5 Å². The zero-order chi connectivity index (χ0) is 12.6. The zero-order valence-corrected chi connectivity index (χ0v) is 8.32. The van der Waals surface area contributed by atoms with Crippen LogP contribution in [0.4, 0.5) is 13.2 Å². The van der Waals surface area contributed by atoms with Crippen molar-refractivity contribution in [3.63, 3.8) is 0 Å². The van der Waals surface area contributed by atoms with Crippen molar-refractivity contribution < 1.29 is 23.1 Å². The number of nitrogens with zero attached hydrogens (tertiary/aromatic N) is 1. The van der Waals surface area contributed by atoms with Crippen molar-refractivity contribution in [3.05, 3.63) is 35.4 Å². The monoisotopic (exact) mass is 244 g/mol. The van der Waals surface area contributed by atoms with Crippen LogP contribution in [-0.4, -0.2) is 23.1 Å². The molecule has 1 aromatic rings. The van der Waals surface area contributed by atoms with Gasteiger partial charge in [-0.1, -0.05) is 12.1 Å². The maximum atomic E-state index is 12.7. The number of hydrazone groups is 1. The van der Waals surface area contributed by atoms with Gasteiger partial charge >= 0.3 is 12.1 Å². The topological polar surface area (TPSA) is 71.6 Å². The van der Waals surface area contributed by atoms with Gasteiger partial charge in [0.05, 0.1) is 5.56 Å². The smallest absolute Gasteiger partial charge is 0.402 e. The summed E-state index contributed by atoms with van der Waals surface area (Å²) in [5.41, 5.74) is 2.09. The fourth-order valence-electron chi connectivity index (χ4n) is 1.48. The van der Waals surface area contributed by atoms with E-state index in [0.29, 0.717) is 0 Å². The average molecular weight is 244 g/mol. The number of carbonyl (C=O) groups is 1. The minimum absolute atomic E-state index is 0.0359. The van der Waals surface area contributed by atoms with Gasteiger partial charge in [0.15, 0.2) is 5.84 Å². The van der Waals surface area contributed by atoms with Gasteiger partial charge in [0.25, 0.3) is 0 Å². The van der Waals surface area contributed by atoms with E-state index < -0.39 is 18.1 Å². The van der Waals surface area contributed by atoms with Crippen LogP contribution in [0.15, 0.2) is 29.4 Å². The molecule has 1 atom stereocenters. The summed E-state index contributed by atoms with van der Waals surface area (Å²) < 4.78 is 38.2. The maximum Gasteiger partial charge on any atom is 0.402 e. The molecule has 0 bridgehead atoms. The second-order valence-electron chi connectivity index (χ2n) is 3.51. The van der Waals surface area contributed by atoms with Crippen LogP contribution in [0, 0.1) is 0 Å². The van der Waals surface area contributed by atoms with Gasteiger partial charge in [0.1, 0.15) is 5.92 Å². The first kappa shape index (κ1) is 11.4. The van der Waals surface area contributed by atoms with Crippen molar-refractivity contribution >= 4 is 11.8 Å². The summed E-state index contributed by atoms with van der Waals surface area (Å²) in [6, 6.07) is 4.56. The molecule has 0 spiro atoms. The Morgan fingerprint density at radius 1 is 1.29 bits per heavy atom. The fourth-order valence-corrected chi connectivity index (χ4v) is 1.48. The number of halogens is 3. The molecule has 0 aromatic heterocycles. The number of hydrogen-bond acceptors (Lipinski definition) is 3. The molecule has 0 saturated heterocycles. The number of benzene rings is 1. The Morgan fingerprint density at radius 2 is 1.82 bits per heavy atom. The Balaban J connectivity index is 2.31. The lowest BCUT2D eigenvalue weighted by Gasteiger charge is -2.16. The number of nitrogens with one attached hydrogen (secondary N) is 1. The molecule has 0 saturated carbocycles. The molecule has 2 rings (SSSR count). The van der Waals surface area contributed by atoms with Crippen molar-refractivity contribution in [2.45, 2.75) is 12.1 Å². The molecule has 0 fully saturated rings. The molecule has 90 valence electrons. The van der Waals surface area contributed by atoms with E-state index in [1.807, 2.05) is 0 Å². The Kier molecular flexibility index (Phi) is 2.53. The van der Waals surface area contributed by atoms with E-state index >= 15 is 0 Å². The molecule has 17 heavy (non-hydrogen) atoms. The first-order chi connectivity index (χ1) is 7.89. The first-order valence-electron chi connectivity index (χ1n) is 4.63. The van der Waals surface area contributed by atoms with Gasteiger partial charge in [-0.3, -0.25) is 5.43 Å². The summed E-state index contributed by atoms with van der Waals surface area (Å²) in [6.07, 6.45) is -4.45. The van der Waals surface area contributed by atoms with Gasteiger partial charge < -0.3 is 5.11 Å². The Bertz CT molecular complexity index is 479. The number of carboxylic acids is 1. The lowest BCUT2D eigenvalue weighted by molar-refractivity contribution is -0.134. The number of hydrogen-bond donors (Lipinski definition) is 2. The second-order valence-corrected chi connectivity index (χ2v) is 3.51. The summed E-state index contributed by atoms with van der Waals surface area (Å²) >= 11 is 0. The van der Waals surface area contributed by atoms with E-state index in [4.69, 9.17) is 5.11 Å². The fraction of sp³-hybridized carbons (Fsp3) is 0.200. The third-order valence-electron chi connectivity index (χ3n) is 2.33. The van der Waals surface area contributed by atoms with E-state index in [1.165, 1.54) is 0 Å². The molecule has 0 aliphatic carbocycles. The summed E-state index contributed by atoms with van der Waals surface area (Å²) in [4.78, 5) is 10.6. The molecule has 0 amide bonds. The SMILES string of the molecule is O=C(O)c1ccc(C(C2=NN2)C(F)(F)F)cc1. The molecule has 1 unspecified atom stereocenters. The largest absolute Gasteiger partial charge is 0.478 e. The third kappa shape index (κ3) is 2.38. The normalized spacial score (nSPS) is 15.8. The second kappa shape index (κ2) is 3.76. The van der Waals surface area contributed by atoms with E-state index in [-0.39, 0.29) is 17.0 Å². The molecule has 1 aromatic carbocycles. The predicted octanol–water partition coefficient (Wildman–Crippen LogP) is 1.95. The molecule has 1 aliphatic rings. The number of amidine groups is 1. The van der Waals surface area contributed by atoms with Crippen LogP contribution < -0.4 is 5.43 Å². The molecule has 2 N–H and O–H groups in total. The molecular formula is C10H7F3N2O2. The molecule has 7 heteroatoms. The van der Waals surface area contributed by atoms with Crippen LogP contribution in [0.1, 0.15) is 21.8 Å². The van der Waals surface area contributed by atoms with Gasteiger partial charge in [-0.15, -0.1) is 0 Å². The number of alkyl halides is 3. The lowest BCUT2D eigenvalue weighted by Crippen LogP contribution is -2.26. The van der Waals surface area contributed by atoms with Crippen LogP contribution in [-0.2, 0) is 0 Å². The highest BCUT2D eigenvalue weighted by Gasteiger charge is 2.47. The van der Waals surface area contributed by atoms with Gasteiger partial charge in [-0.2, -0.15) is 18.3 Å². The van der Waals surface area contributed by atoms with Crippen LogP contribution >= 0.6 is 0 Å². The van der Waals surface area contributed by atoms with E-state index in [9.17, 15) is 18.0 Å². The quantitative estimate of drug-likeness (QED) is 0.853. The van der Waals surface area contributed by atoms with Crippen molar-refractivity contribution in [1.82, 2.24) is 5.43 Å². The van der Waals surface area contributed by atoms with Crippen LogP contribution in [0.5, 0.6) is 0 Å². The van der Waals surface area contributed by atoms with Crippen molar-refractivity contribution in [3.8, 4) is 0 Å². The van der Waals surface area contributed by atoms with E-state index in [0.717, 1.165) is 24.3 Å². The van der Waals surface area contributed by atoms with Crippen molar-refractivity contribution in [1.29, 1.82) is 0 Å². The van der Waals surface area contributed by atoms with Crippen LogP contribution in [0.3, 0.4) is 0 Å². The van der Waals surface area contributed by atoms with Gasteiger partial charge in [0.2, 0.25) is 0 Å².